The van der Waals surface area contributed by atoms with Crippen LogP contribution in [-0.2, 0) is 23.0 Å². The molecule has 7 nitrogen and oxygen atoms in total. The summed E-state index contributed by atoms with van der Waals surface area (Å²) in [5.41, 5.74) is 3.55. The Labute approximate surface area is 142 Å². The van der Waals surface area contributed by atoms with Crippen molar-refractivity contribution in [3.63, 3.8) is 0 Å². The van der Waals surface area contributed by atoms with Crippen molar-refractivity contribution < 1.29 is 8.42 Å². The Kier molecular flexibility index (Phi) is 4.27. The summed E-state index contributed by atoms with van der Waals surface area (Å²) >= 11 is 0. The average molecular weight is 347 g/mol. The number of sulfonamides is 1. The number of aromatic nitrogens is 3. The van der Waals surface area contributed by atoms with Crippen molar-refractivity contribution in [2.45, 2.75) is 31.7 Å². The Balaban J connectivity index is 1.96. The zero-order valence-corrected chi connectivity index (χ0v) is 15.1. The summed E-state index contributed by atoms with van der Waals surface area (Å²) in [6.45, 7) is 5.03. The summed E-state index contributed by atoms with van der Waals surface area (Å²) < 4.78 is 26.3. The average Bonchev–Trinajstić information content (AvgIpc) is 2.56. The van der Waals surface area contributed by atoms with Crippen LogP contribution in [-0.4, -0.2) is 48.5 Å². The van der Waals surface area contributed by atoms with Crippen LogP contribution in [0.15, 0.2) is 23.1 Å². The van der Waals surface area contributed by atoms with E-state index in [0.717, 1.165) is 22.5 Å². The number of rotatable bonds is 3. The molecule has 8 heteroatoms. The quantitative estimate of drug-likeness (QED) is 0.833. The van der Waals surface area contributed by atoms with Crippen molar-refractivity contribution in [3.8, 4) is 0 Å². The molecule has 2 heterocycles. The van der Waals surface area contributed by atoms with Gasteiger partial charge in [0.05, 0.1) is 16.3 Å². The fraction of sp³-hybridized carbons (Fsp3) is 0.438. The van der Waals surface area contributed by atoms with Crippen LogP contribution < -0.4 is 4.90 Å². The van der Waals surface area contributed by atoms with E-state index in [2.05, 4.69) is 15.2 Å². The maximum Gasteiger partial charge on any atom is 0.245 e. The van der Waals surface area contributed by atoms with Crippen LogP contribution in [0.25, 0.3) is 0 Å². The molecule has 0 aliphatic carbocycles. The zero-order chi connectivity index (χ0) is 17.5. The summed E-state index contributed by atoms with van der Waals surface area (Å²) in [5, 5.41) is 8.31. The van der Waals surface area contributed by atoms with Crippen LogP contribution in [0, 0.1) is 13.8 Å². The van der Waals surface area contributed by atoms with Crippen LogP contribution in [0.2, 0.25) is 0 Å². The SMILES string of the molecule is Cc1nnc(N2CCc3c(cccc3S(=O)(=O)N(C)C)C2)nc1C. The third kappa shape index (κ3) is 2.87. The van der Waals surface area contributed by atoms with Gasteiger partial charge in [-0.05, 0) is 37.5 Å². The van der Waals surface area contributed by atoms with Crippen molar-refractivity contribution in [1.29, 1.82) is 0 Å². The van der Waals surface area contributed by atoms with E-state index in [0.29, 0.717) is 30.4 Å². The van der Waals surface area contributed by atoms with Gasteiger partial charge in [0.15, 0.2) is 0 Å². The highest BCUT2D eigenvalue weighted by Crippen LogP contribution is 2.28. The summed E-state index contributed by atoms with van der Waals surface area (Å²) in [6, 6.07) is 5.43. The molecule has 1 aliphatic heterocycles. The molecule has 1 aliphatic rings. The predicted octanol–water partition coefficient (Wildman–Crippen LogP) is 1.30. The molecule has 0 spiro atoms. The van der Waals surface area contributed by atoms with Gasteiger partial charge in [-0.25, -0.2) is 17.7 Å². The molecule has 3 rings (SSSR count). The van der Waals surface area contributed by atoms with Crippen LogP contribution in [0.1, 0.15) is 22.5 Å². The lowest BCUT2D eigenvalue weighted by Gasteiger charge is -2.30. The fourth-order valence-electron chi connectivity index (χ4n) is 2.76. The number of hydrogen-bond acceptors (Lipinski definition) is 6. The van der Waals surface area contributed by atoms with Gasteiger partial charge in [0.1, 0.15) is 0 Å². The Morgan fingerprint density at radius 1 is 1.12 bits per heavy atom. The van der Waals surface area contributed by atoms with Gasteiger partial charge in [-0.1, -0.05) is 12.1 Å². The summed E-state index contributed by atoms with van der Waals surface area (Å²) in [7, 11) is -0.334. The minimum atomic E-state index is -3.44. The van der Waals surface area contributed by atoms with Crippen molar-refractivity contribution in [2.24, 2.45) is 0 Å². The Morgan fingerprint density at radius 3 is 2.54 bits per heavy atom. The molecule has 0 saturated heterocycles. The molecule has 0 N–H and O–H groups in total. The second-order valence-corrected chi connectivity index (χ2v) is 8.26. The van der Waals surface area contributed by atoms with Gasteiger partial charge < -0.3 is 4.90 Å². The summed E-state index contributed by atoms with van der Waals surface area (Å²) in [5.74, 6) is 0.588. The Bertz CT molecular complexity index is 880. The van der Waals surface area contributed by atoms with Crippen LogP contribution in [0.5, 0.6) is 0 Å². The molecule has 128 valence electrons. The number of fused-ring (bicyclic) bond motifs is 1. The van der Waals surface area contributed by atoms with Gasteiger partial charge in [0.2, 0.25) is 16.0 Å². The monoisotopic (exact) mass is 347 g/mol. The largest absolute Gasteiger partial charge is 0.335 e. The van der Waals surface area contributed by atoms with E-state index in [1.807, 2.05) is 24.8 Å². The van der Waals surface area contributed by atoms with Crippen molar-refractivity contribution in [3.05, 3.63) is 40.7 Å². The molecule has 0 unspecified atom stereocenters. The lowest BCUT2D eigenvalue weighted by Crippen LogP contribution is -2.34. The lowest BCUT2D eigenvalue weighted by atomic mass is 10.00. The lowest BCUT2D eigenvalue weighted by molar-refractivity contribution is 0.518. The minimum Gasteiger partial charge on any atom is -0.335 e. The molecule has 0 bridgehead atoms. The highest BCUT2D eigenvalue weighted by molar-refractivity contribution is 7.89. The van der Waals surface area contributed by atoms with Gasteiger partial charge in [-0.3, -0.25) is 0 Å². The van der Waals surface area contributed by atoms with Crippen molar-refractivity contribution >= 4 is 16.0 Å². The Hall–Kier alpha value is -2.06. The predicted molar refractivity (Wildman–Crippen MR) is 91.4 cm³/mol. The van der Waals surface area contributed by atoms with E-state index < -0.39 is 10.0 Å². The zero-order valence-electron chi connectivity index (χ0n) is 14.3. The second-order valence-electron chi connectivity index (χ2n) is 6.14. The summed E-state index contributed by atoms with van der Waals surface area (Å²) in [6.07, 6.45) is 0.634. The van der Waals surface area contributed by atoms with Gasteiger partial charge >= 0.3 is 0 Å². The number of nitrogens with zero attached hydrogens (tertiary/aromatic N) is 5. The molecular formula is C16H21N5O2S. The highest BCUT2D eigenvalue weighted by atomic mass is 32.2. The third-order valence-electron chi connectivity index (χ3n) is 4.35. The smallest absolute Gasteiger partial charge is 0.245 e. The van der Waals surface area contributed by atoms with Crippen LogP contribution in [0.4, 0.5) is 5.95 Å². The maximum absolute atomic E-state index is 12.5. The van der Waals surface area contributed by atoms with Crippen LogP contribution in [0.3, 0.4) is 0 Å². The van der Waals surface area contributed by atoms with Crippen molar-refractivity contribution in [1.82, 2.24) is 19.5 Å². The third-order valence-corrected chi connectivity index (χ3v) is 6.24. The maximum atomic E-state index is 12.5. The number of aryl methyl sites for hydroxylation is 2. The van der Waals surface area contributed by atoms with Crippen LogP contribution >= 0.6 is 0 Å². The first-order valence-corrected chi connectivity index (χ1v) is 9.21. The summed E-state index contributed by atoms with van der Waals surface area (Å²) in [4.78, 5) is 6.92. The number of benzene rings is 1. The van der Waals surface area contributed by atoms with Gasteiger partial charge in [-0.2, -0.15) is 5.10 Å². The fourth-order valence-corrected chi connectivity index (χ4v) is 3.95. The van der Waals surface area contributed by atoms with Gasteiger partial charge in [0.25, 0.3) is 0 Å². The second kappa shape index (κ2) is 6.10. The van der Waals surface area contributed by atoms with Crippen molar-refractivity contribution in [2.75, 3.05) is 25.5 Å². The molecule has 24 heavy (non-hydrogen) atoms. The number of hydrogen-bond donors (Lipinski definition) is 0. The normalized spacial score (nSPS) is 14.8. The molecule has 1 aromatic carbocycles. The van der Waals surface area contributed by atoms with E-state index in [1.165, 1.54) is 4.31 Å². The first-order chi connectivity index (χ1) is 11.3. The first-order valence-electron chi connectivity index (χ1n) is 7.77. The molecule has 0 fully saturated rings. The molecule has 0 amide bonds. The molecular weight excluding hydrogens is 326 g/mol. The topological polar surface area (TPSA) is 79.3 Å². The molecule has 0 saturated carbocycles. The molecule has 0 atom stereocenters. The highest BCUT2D eigenvalue weighted by Gasteiger charge is 2.27. The van der Waals surface area contributed by atoms with E-state index in [-0.39, 0.29) is 0 Å². The molecule has 1 aromatic heterocycles. The molecule has 0 radical (unpaired) electrons. The van der Waals surface area contributed by atoms with E-state index >= 15 is 0 Å². The minimum absolute atomic E-state index is 0.392. The number of anilines is 1. The van der Waals surface area contributed by atoms with E-state index in [4.69, 9.17) is 0 Å². The standard InChI is InChI=1S/C16H21N5O2S/c1-11-12(2)18-19-16(17-11)21-9-8-14-13(10-21)6-5-7-15(14)24(22,23)20(3)4/h5-7H,8-10H2,1-4H3. The molecule has 2 aromatic rings. The Morgan fingerprint density at radius 2 is 1.88 bits per heavy atom. The van der Waals surface area contributed by atoms with E-state index in [1.54, 1.807) is 26.2 Å². The van der Waals surface area contributed by atoms with E-state index in [9.17, 15) is 8.42 Å². The first kappa shape index (κ1) is 16.8. The van der Waals surface area contributed by atoms with Gasteiger partial charge in [-0.15, -0.1) is 5.10 Å². The van der Waals surface area contributed by atoms with Gasteiger partial charge in [0, 0.05) is 27.2 Å².